The maximum absolute atomic E-state index is 11.9. The number of hydrogen-bond acceptors (Lipinski definition) is 4. The molecule has 1 amide bonds. The van der Waals surface area contributed by atoms with Crippen LogP contribution in [0.1, 0.15) is 20.3 Å². The highest BCUT2D eigenvalue weighted by Gasteiger charge is 2.19. The summed E-state index contributed by atoms with van der Waals surface area (Å²) in [4.78, 5) is 25.5. The van der Waals surface area contributed by atoms with E-state index >= 15 is 0 Å². The molecule has 2 rings (SSSR count). The molecule has 20 heavy (non-hydrogen) atoms. The minimum atomic E-state index is -0.552. The third-order valence-electron chi connectivity index (χ3n) is 3.25. The molecule has 0 aliphatic heterocycles. The molecule has 2 aromatic rings. The molecule has 0 radical (unpaired) electrons. The van der Waals surface area contributed by atoms with Gasteiger partial charge >= 0.3 is 5.76 Å². The Morgan fingerprint density at radius 3 is 2.85 bits per heavy atom. The van der Waals surface area contributed by atoms with Crippen molar-refractivity contribution in [3.8, 4) is 0 Å². The van der Waals surface area contributed by atoms with Gasteiger partial charge in [0.1, 0.15) is 0 Å². The minimum Gasteiger partial charge on any atom is -0.408 e. The number of fused-ring (bicyclic) bond motifs is 1. The summed E-state index contributed by atoms with van der Waals surface area (Å²) in [5.74, 6) is -0.646. The van der Waals surface area contributed by atoms with Crippen LogP contribution in [0.2, 0.25) is 0 Å². The van der Waals surface area contributed by atoms with Gasteiger partial charge in [-0.05, 0) is 24.1 Å². The van der Waals surface area contributed by atoms with Crippen molar-refractivity contribution < 1.29 is 9.21 Å². The molecule has 110 valence electrons. The SMILES string of the molecule is CCC(C)C(N)C(=O)Nc1ccc2oc(=O)[nH]c2c1.Cl. The molecule has 6 nitrogen and oxygen atoms in total. The molecule has 0 saturated carbocycles. The number of nitrogens with one attached hydrogen (secondary N) is 2. The third kappa shape index (κ3) is 3.40. The number of rotatable bonds is 4. The van der Waals surface area contributed by atoms with Crippen molar-refractivity contribution in [3.05, 3.63) is 28.7 Å². The third-order valence-corrected chi connectivity index (χ3v) is 3.25. The molecule has 0 saturated heterocycles. The highest BCUT2D eigenvalue weighted by molar-refractivity contribution is 5.96. The van der Waals surface area contributed by atoms with Crippen LogP contribution in [-0.2, 0) is 4.79 Å². The quantitative estimate of drug-likeness (QED) is 0.802. The zero-order chi connectivity index (χ0) is 14.0. The first kappa shape index (κ1) is 16.3. The van der Waals surface area contributed by atoms with E-state index in [1.807, 2.05) is 13.8 Å². The molecule has 0 aliphatic rings. The zero-order valence-electron chi connectivity index (χ0n) is 11.3. The molecule has 4 N–H and O–H groups in total. The number of hydrogen-bond donors (Lipinski definition) is 3. The summed E-state index contributed by atoms with van der Waals surface area (Å²) in [6, 6.07) is 4.38. The molecule has 0 bridgehead atoms. The molecule has 1 aromatic heterocycles. The van der Waals surface area contributed by atoms with E-state index in [-0.39, 0.29) is 24.2 Å². The van der Waals surface area contributed by atoms with Crippen LogP contribution < -0.4 is 16.8 Å². The molecular formula is C13H18ClN3O3. The van der Waals surface area contributed by atoms with Crippen LogP contribution in [0.4, 0.5) is 5.69 Å². The van der Waals surface area contributed by atoms with Crippen LogP contribution in [0, 0.1) is 5.92 Å². The van der Waals surface area contributed by atoms with E-state index in [0.717, 1.165) is 6.42 Å². The smallest absolute Gasteiger partial charge is 0.408 e. The Morgan fingerprint density at radius 1 is 1.50 bits per heavy atom. The fourth-order valence-corrected chi connectivity index (χ4v) is 1.77. The van der Waals surface area contributed by atoms with Gasteiger partial charge in [-0.3, -0.25) is 9.78 Å². The van der Waals surface area contributed by atoms with Crippen LogP contribution in [0.15, 0.2) is 27.4 Å². The van der Waals surface area contributed by atoms with Gasteiger partial charge in [0.2, 0.25) is 5.91 Å². The first-order valence-electron chi connectivity index (χ1n) is 6.20. The number of oxazole rings is 1. The van der Waals surface area contributed by atoms with E-state index in [1.54, 1.807) is 18.2 Å². The van der Waals surface area contributed by atoms with Crippen molar-refractivity contribution in [2.75, 3.05) is 5.32 Å². The monoisotopic (exact) mass is 299 g/mol. The van der Waals surface area contributed by atoms with Crippen LogP contribution >= 0.6 is 12.4 Å². The summed E-state index contributed by atoms with van der Waals surface area (Å²) in [6.45, 7) is 3.92. The first-order chi connectivity index (χ1) is 9.01. The van der Waals surface area contributed by atoms with Crippen LogP contribution in [0.3, 0.4) is 0 Å². The summed E-state index contributed by atoms with van der Waals surface area (Å²) in [6.07, 6.45) is 0.836. The lowest BCUT2D eigenvalue weighted by Gasteiger charge is -2.17. The van der Waals surface area contributed by atoms with Crippen molar-refractivity contribution in [3.63, 3.8) is 0 Å². The Balaban J connectivity index is 0.00000200. The van der Waals surface area contributed by atoms with Gasteiger partial charge in [-0.2, -0.15) is 0 Å². The number of halogens is 1. The Labute approximate surface area is 122 Å². The second-order valence-electron chi connectivity index (χ2n) is 4.63. The molecule has 0 aliphatic carbocycles. The van der Waals surface area contributed by atoms with Gasteiger partial charge in [-0.1, -0.05) is 20.3 Å². The lowest BCUT2D eigenvalue weighted by Crippen LogP contribution is -2.40. The van der Waals surface area contributed by atoms with Crippen molar-refractivity contribution in [1.82, 2.24) is 4.98 Å². The van der Waals surface area contributed by atoms with Gasteiger partial charge in [0.15, 0.2) is 5.58 Å². The second kappa shape index (κ2) is 6.58. The topological polar surface area (TPSA) is 101 Å². The Bertz CT molecular complexity index is 650. The maximum atomic E-state index is 11.9. The van der Waals surface area contributed by atoms with Gasteiger partial charge in [0, 0.05) is 5.69 Å². The lowest BCUT2D eigenvalue weighted by molar-refractivity contribution is -0.118. The van der Waals surface area contributed by atoms with Crippen LogP contribution in [-0.4, -0.2) is 16.9 Å². The van der Waals surface area contributed by atoms with Gasteiger partial charge in [-0.25, -0.2) is 4.79 Å². The maximum Gasteiger partial charge on any atom is 0.417 e. The molecule has 1 aromatic carbocycles. The number of H-pyrrole nitrogens is 1. The van der Waals surface area contributed by atoms with Crippen molar-refractivity contribution in [2.24, 2.45) is 11.7 Å². The number of nitrogens with two attached hydrogens (primary N) is 1. The van der Waals surface area contributed by atoms with E-state index in [9.17, 15) is 9.59 Å². The largest absolute Gasteiger partial charge is 0.417 e. The molecule has 7 heteroatoms. The van der Waals surface area contributed by atoms with E-state index in [4.69, 9.17) is 10.2 Å². The Hall–Kier alpha value is -1.79. The number of carbonyl (C=O) groups is 1. The van der Waals surface area contributed by atoms with E-state index < -0.39 is 11.8 Å². The van der Waals surface area contributed by atoms with Crippen molar-refractivity contribution >= 4 is 35.1 Å². The number of amides is 1. The number of aromatic amines is 1. The van der Waals surface area contributed by atoms with Crippen LogP contribution in [0.5, 0.6) is 0 Å². The van der Waals surface area contributed by atoms with Gasteiger partial charge < -0.3 is 15.5 Å². The molecule has 2 unspecified atom stereocenters. The number of aromatic nitrogens is 1. The van der Waals surface area contributed by atoms with Gasteiger partial charge in [0.05, 0.1) is 11.6 Å². The minimum absolute atomic E-state index is 0. The van der Waals surface area contributed by atoms with Crippen LogP contribution in [0.25, 0.3) is 11.1 Å². The van der Waals surface area contributed by atoms with Gasteiger partial charge in [-0.15, -0.1) is 12.4 Å². The highest BCUT2D eigenvalue weighted by atomic mass is 35.5. The molecule has 1 heterocycles. The average molecular weight is 300 g/mol. The first-order valence-corrected chi connectivity index (χ1v) is 6.20. The van der Waals surface area contributed by atoms with Crippen molar-refractivity contribution in [2.45, 2.75) is 26.3 Å². The highest BCUT2D eigenvalue weighted by Crippen LogP contribution is 2.17. The van der Waals surface area contributed by atoms with E-state index in [1.165, 1.54) is 0 Å². The lowest BCUT2D eigenvalue weighted by atomic mass is 9.99. The number of anilines is 1. The fourth-order valence-electron chi connectivity index (χ4n) is 1.77. The van der Waals surface area contributed by atoms with E-state index in [2.05, 4.69) is 10.3 Å². The van der Waals surface area contributed by atoms with E-state index in [0.29, 0.717) is 16.8 Å². The number of benzene rings is 1. The summed E-state index contributed by atoms with van der Waals surface area (Å²) in [7, 11) is 0. The van der Waals surface area contributed by atoms with Crippen molar-refractivity contribution in [1.29, 1.82) is 0 Å². The molecular weight excluding hydrogens is 282 g/mol. The second-order valence-corrected chi connectivity index (χ2v) is 4.63. The summed E-state index contributed by atoms with van der Waals surface area (Å²) in [5, 5.41) is 2.73. The standard InChI is InChI=1S/C13H17N3O3.ClH/c1-3-7(2)11(14)12(17)15-8-4-5-10-9(6-8)16-13(18)19-10;/h4-7,11H,3,14H2,1-2H3,(H,15,17)(H,16,18);1H. The normalized spacial score (nSPS) is 13.6. The Kier molecular flexibility index (Phi) is 5.35. The predicted octanol–water partition coefficient (Wildman–Crippen LogP) is 1.85. The number of carbonyl (C=O) groups excluding carboxylic acids is 1. The Morgan fingerprint density at radius 2 is 2.20 bits per heavy atom. The van der Waals surface area contributed by atoms with Gasteiger partial charge in [0.25, 0.3) is 0 Å². The molecule has 2 atom stereocenters. The zero-order valence-corrected chi connectivity index (χ0v) is 12.1. The predicted molar refractivity (Wildman–Crippen MR) is 80.1 cm³/mol. The summed E-state index contributed by atoms with van der Waals surface area (Å²) < 4.78 is 4.88. The fraction of sp³-hybridized carbons (Fsp3) is 0.385. The molecule has 0 spiro atoms. The average Bonchev–Trinajstić information content (AvgIpc) is 2.76. The summed E-state index contributed by atoms with van der Waals surface area (Å²) in [5.41, 5.74) is 7.42. The summed E-state index contributed by atoms with van der Waals surface area (Å²) >= 11 is 0. The molecule has 0 fully saturated rings.